The molecule has 0 aliphatic carbocycles. The van der Waals surface area contributed by atoms with Crippen LogP contribution in [0.4, 0.5) is 10.5 Å². The van der Waals surface area contributed by atoms with Crippen molar-refractivity contribution in [3.05, 3.63) is 95.1 Å². The fraction of sp³-hybridized carbons (Fsp3) is 0.513. The van der Waals surface area contributed by atoms with Crippen molar-refractivity contribution in [2.24, 2.45) is 17.6 Å². The molecule has 2 heterocycles. The Bertz CT molecular complexity index is 1420. The predicted octanol–water partition coefficient (Wildman–Crippen LogP) is 5.62. The van der Waals surface area contributed by atoms with E-state index in [1.807, 2.05) is 36.4 Å². The number of nitrogens with zero attached hydrogens (tertiary/aromatic N) is 2. The summed E-state index contributed by atoms with van der Waals surface area (Å²) in [6, 6.07) is 24.5. The first kappa shape index (κ1) is 36.6. The van der Waals surface area contributed by atoms with Gasteiger partial charge in [-0.1, -0.05) is 67.6 Å². The second kappa shape index (κ2) is 18.9. The fourth-order valence-corrected chi connectivity index (χ4v) is 6.72. The lowest BCUT2D eigenvalue weighted by atomic mass is 9.78. The topological polar surface area (TPSA) is 105 Å². The van der Waals surface area contributed by atoms with E-state index < -0.39 is 0 Å². The summed E-state index contributed by atoms with van der Waals surface area (Å²) in [5.74, 6) is 1.19. The maximum absolute atomic E-state index is 13.4. The maximum Gasteiger partial charge on any atom is 0.410 e. The molecule has 1 amide bonds. The molecule has 3 aromatic rings. The Labute approximate surface area is 291 Å². The molecule has 1 saturated heterocycles. The van der Waals surface area contributed by atoms with Gasteiger partial charge in [-0.2, -0.15) is 0 Å². The summed E-state index contributed by atoms with van der Waals surface area (Å²) in [6.07, 6.45) is 0.283. The number of likely N-dealkylation sites (tertiary alicyclic amines) is 1. The van der Waals surface area contributed by atoms with Gasteiger partial charge in [0.15, 0.2) is 0 Å². The number of fused-ring (bicyclic) bond motifs is 1. The van der Waals surface area contributed by atoms with Gasteiger partial charge in [0.2, 0.25) is 0 Å². The zero-order valence-corrected chi connectivity index (χ0v) is 29.3. The van der Waals surface area contributed by atoms with Gasteiger partial charge in [-0.25, -0.2) is 4.79 Å². The number of anilines is 1. The number of piperidine rings is 1. The molecular formula is C39H53N3O7. The van der Waals surface area contributed by atoms with Gasteiger partial charge in [-0.05, 0) is 53.3 Å². The zero-order valence-electron chi connectivity index (χ0n) is 29.3. The summed E-state index contributed by atoms with van der Waals surface area (Å²) in [4.78, 5) is 17.5. The molecule has 2 N–H and O–H groups in total. The summed E-state index contributed by atoms with van der Waals surface area (Å²) in [5.41, 5.74) is 11.7. The molecule has 49 heavy (non-hydrogen) atoms. The Morgan fingerprint density at radius 1 is 0.918 bits per heavy atom. The molecule has 4 atom stereocenters. The molecule has 5 rings (SSSR count). The second-order valence-electron chi connectivity index (χ2n) is 13.1. The third-order valence-corrected chi connectivity index (χ3v) is 9.24. The van der Waals surface area contributed by atoms with Crippen LogP contribution in [-0.4, -0.2) is 90.5 Å². The van der Waals surface area contributed by atoms with Gasteiger partial charge >= 0.3 is 6.09 Å². The Morgan fingerprint density at radius 3 is 2.45 bits per heavy atom. The van der Waals surface area contributed by atoms with E-state index in [1.54, 1.807) is 19.1 Å². The van der Waals surface area contributed by atoms with E-state index in [9.17, 15) is 4.79 Å². The minimum Gasteiger partial charge on any atom is -0.490 e. The minimum atomic E-state index is -0.359. The standard InChI is InChI=1S/C39H53N3O7/c1-29(24-45-3)25-46-26-31-10-13-33(14-11-31)38-34(21-40)22-42(39(43)49-27-30-8-5-4-6-9-30)23-37(38)48-28-32-12-15-36-35(20-32)41(17-19-47-36)16-7-18-44-2/h4-6,8-15,20,29,34,37-38H,7,16-19,21-28,40H2,1-3H3/t29-,34+,37-,38-/m0/s1. The van der Waals surface area contributed by atoms with E-state index in [-0.39, 0.29) is 30.6 Å². The Balaban J connectivity index is 1.31. The van der Waals surface area contributed by atoms with Crippen molar-refractivity contribution in [3.8, 4) is 5.75 Å². The molecule has 1 fully saturated rings. The van der Waals surface area contributed by atoms with Crippen LogP contribution in [0.1, 0.15) is 41.5 Å². The maximum atomic E-state index is 13.4. The van der Waals surface area contributed by atoms with Crippen LogP contribution in [0.5, 0.6) is 5.75 Å². The van der Waals surface area contributed by atoms with Crippen molar-refractivity contribution in [1.82, 2.24) is 4.90 Å². The molecule has 2 aliphatic rings. The highest BCUT2D eigenvalue weighted by Gasteiger charge is 2.40. The van der Waals surface area contributed by atoms with Crippen LogP contribution in [-0.2, 0) is 43.5 Å². The first-order valence-corrected chi connectivity index (χ1v) is 17.4. The van der Waals surface area contributed by atoms with Crippen LogP contribution in [0, 0.1) is 11.8 Å². The quantitative estimate of drug-likeness (QED) is 0.183. The first-order valence-electron chi connectivity index (χ1n) is 17.4. The smallest absolute Gasteiger partial charge is 0.410 e. The van der Waals surface area contributed by atoms with Crippen LogP contribution >= 0.6 is 0 Å². The number of carbonyl (C=O) groups is 1. The number of methoxy groups -OCH3 is 2. The van der Waals surface area contributed by atoms with Crippen molar-refractivity contribution in [1.29, 1.82) is 0 Å². The highest BCUT2D eigenvalue weighted by Crippen LogP contribution is 2.37. The zero-order chi connectivity index (χ0) is 34.4. The van der Waals surface area contributed by atoms with Crippen molar-refractivity contribution >= 4 is 11.8 Å². The Kier molecular flexibility index (Phi) is 14.1. The van der Waals surface area contributed by atoms with Gasteiger partial charge in [-0.15, -0.1) is 0 Å². The number of hydrogen-bond donors (Lipinski definition) is 1. The predicted molar refractivity (Wildman–Crippen MR) is 190 cm³/mol. The van der Waals surface area contributed by atoms with Gasteiger partial charge < -0.3 is 44.0 Å². The van der Waals surface area contributed by atoms with Crippen LogP contribution < -0.4 is 15.4 Å². The highest BCUT2D eigenvalue weighted by atomic mass is 16.6. The van der Waals surface area contributed by atoms with Crippen LogP contribution in [0.2, 0.25) is 0 Å². The SMILES string of the molecule is COCCCN1CCOc2ccc(CO[C@H]3CN(C(=O)OCc4ccccc4)C[C@@H](CN)[C@@H]3c3ccc(COC[C@@H](C)COC)cc3)cc21. The highest BCUT2D eigenvalue weighted by molar-refractivity contribution is 5.68. The van der Waals surface area contributed by atoms with E-state index in [0.717, 1.165) is 53.2 Å². The molecule has 3 aromatic carbocycles. The number of benzene rings is 3. The molecule has 0 saturated carbocycles. The normalized spacial score (nSPS) is 19.6. The van der Waals surface area contributed by atoms with E-state index in [0.29, 0.717) is 65.2 Å². The third-order valence-electron chi connectivity index (χ3n) is 9.24. The number of nitrogens with two attached hydrogens (primary N) is 1. The summed E-state index contributed by atoms with van der Waals surface area (Å²) < 4.78 is 34.9. The summed E-state index contributed by atoms with van der Waals surface area (Å²) in [5, 5.41) is 0. The van der Waals surface area contributed by atoms with Crippen molar-refractivity contribution in [3.63, 3.8) is 0 Å². The van der Waals surface area contributed by atoms with Crippen molar-refractivity contribution in [2.75, 3.05) is 78.3 Å². The van der Waals surface area contributed by atoms with Crippen LogP contribution in [0.15, 0.2) is 72.8 Å². The second-order valence-corrected chi connectivity index (χ2v) is 13.1. The van der Waals surface area contributed by atoms with Crippen molar-refractivity contribution < 1.29 is 33.2 Å². The molecule has 266 valence electrons. The number of rotatable bonds is 17. The van der Waals surface area contributed by atoms with Gasteiger partial charge in [0, 0.05) is 45.8 Å². The molecular weight excluding hydrogens is 622 g/mol. The van der Waals surface area contributed by atoms with Crippen molar-refractivity contribution in [2.45, 2.75) is 45.2 Å². The number of amides is 1. The third kappa shape index (κ3) is 10.4. The summed E-state index contributed by atoms with van der Waals surface area (Å²) >= 11 is 0. The van der Waals surface area contributed by atoms with Gasteiger partial charge in [0.25, 0.3) is 0 Å². The average molecular weight is 676 g/mol. The average Bonchev–Trinajstić information content (AvgIpc) is 3.13. The lowest BCUT2D eigenvalue weighted by Crippen LogP contribution is -2.53. The van der Waals surface area contributed by atoms with E-state index >= 15 is 0 Å². The number of hydrogen-bond acceptors (Lipinski definition) is 9. The van der Waals surface area contributed by atoms with E-state index in [1.165, 1.54) is 0 Å². The van der Waals surface area contributed by atoms with Gasteiger partial charge in [0.1, 0.15) is 19.0 Å². The molecule has 0 bridgehead atoms. The lowest BCUT2D eigenvalue weighted by molar-refractivity contribution is -0.0422. The van der Waals surface area contributed by atoms with Gasteiger partial charge in [0.05, 0.1) is 51.3 Å². The monoisotopic (exact) mass is 675 g/mol. The van der Waals surface area contributed by atoms with E-state index in [4.69, 9.17) is 34.2 Å². The molecule has 10 nitrogen and oxygen atoms in total. The molecule has 2 aliphatic heterocycles. The Hall–Kier alpha value is -3.67. The number of carbonyl (C=O) groups excluding carboxylic acids is 1. The largest absolute Gasteiger partial charge is 0.490 e. The first-order chi connectivity index (χ1) is 24.0. The molecule has 10 heteroatoms. The van der Waals surface area contributed by atoms with Gasteiger partial charge in [-0.3, -0.25) is 0 Å². The molecule has 0 spiro atoms. The number of ether oxygens (including phenoxy) is 6. The Morgan fingerprint density at radius 2 is 1.69 bits per heavy atom. The van der Waals surface area contributed by atoms with E-state index in [2.05, 4.69) is 48.2 Å². The molecule has 0 unspecified atom stereocenters. The summed E-state index contributed by atoms with van der Waals surface area (Å²) in [7, 11) is 3.44. The van der Waals surface area contributed by atoms with Crippen LogP contribution in [0.25, 0.3) is 0 Å². The fourth-order valence-electron chi connectivity index (χ4n) is 6.72. The summed E-state index contributed by atoms with van der Waals surface area (Å²) in [6.45, 7) is 8.94. The minimum absolute atomic E-state index is 0.00799. The molecule has 0 radical (unpaired) electrons. The molecule has 0 aromatic heterocycles. The lowest BCUT2D eigenvalue weighted by Gasteiger charge is -2.43. The van der Waals surface area contributed by atoms with Crippen LogP contribution in [0.3, 0.4) is 0 Å².